The highest BCUT2D eigenvalue weighted by Gasteiger charge is 2.08. The van der Waals surface area contributed by atoms with Crippen LogP contribution in [0.3, 0.4) is 0 Å². The van der Waals surface area contributed by atoms with Crippen LogP contribution >= 0.6 is 11.6 Å². The van der Waals surface area contributed by atoms with Crippen molar-refractivity contribution >= 4 is 29.7 Å². The molecular formula is C22H17ClN2O3. The summed E-state index contributed by atoms with van der Waals surface area (Å²) < 4.78 is 5.34. The Hall–Kier alpha value is -3.44. The van der Waals surface area contributed by atoms with Gasteiger partial charge in [-0.2, -0.15) is 5.10 Å². The molecule has 0 aromatic heterocycles. The number of amides is 1. The largest absolute Gasteiger partial charge is 0.423 e. The van der Waals surface area contributed by atoms with E-state index in [-0.39, 0.29) is 5.91 Å². The molecule has 0 aliphatic heterocycles. The van der Waals surface area contributed by atoms with E-state index >= 15 is 0 Å². The highest BCUT2D eigenvalue weighted by atomic mass is 35.5. The van der Waals surface area contributed by atoms with Gasteiger partial charge in [-0.1, -0.05) is 29.3 Å². The summed E-state index contributed by atoms with van der Waals surface area (Å²) in [5.41, 5.74) is 5.20. The summed E-state index contributed by atoms with van der Waals surface area (Å²) in [7, 11) is 0. The minimum atomic E-state index is -0.420. The molecular weight excluding hydrogens is 376 g/mol. The number of rotatable bonds is 5. The van der Waals surface area contributed by atoms with Gasteiger partial charge < -0.3 is 4.74 Å². The Bertz CT molecular complexity index is 995. The number of aryl methyl sites for hydroxylation is 1. The van der Waals surface area contributed by atoms with Gasteiger partial charge in [0.25, 0.3) is 5.91 Å². The molecule has 0 saturated heterocycles. The molecule has 1 N–H and O–H groups in total. The van der Waals surface area contributed by atoms with Crippen LogP contribution in [0.25, 0.3) is 0 Å². The number of nitrogens with one attached hydrogen (secondary N) is 1. The molecule has 0 fully saturated rings. The van der Waals surface area contributed by atoms with Gasteiger partial charge >= 0.3 is 5.97 Å². The zero-order valence-corrected chi connectivity index (χ0v) is 15.8. The van der Waals surface area contributed by atoms with E-state index in [9.17, 15) is 9.59 Å². The van der Waals surface area contributed by atoms with Crippen molar-refractivity contribution in [3.63, 3.8) is 0 Å². The Kier molecular flexibility index (Phi) is 6.19. The molecule has 0 aliphatic rings. The Labute approximate surface area is 167 Å². The first-order valence-corrected chi connectivity index (χ1v) is 8.87. The predicted molar refractivity (Wildman–Crippen MR) is 109 cm³/mol. The third-order valence-corrected chi connectivity index (χ3v) is 4.12. The highest BCUT2D eigenvalue weighted by Crippen LogP contribution is 2.14. The van der Waals surface area contributed by atoms with Gasteiger partial charge in [-0.05, 0) is 73.2 Å². The van der Waals surface area contributed by atoms with Crippen molar-refractivity contribution in [2.45, 2.75) is 6.92 Å². The average Bonchev–Trinajstić information content (AvgIpc) is 2.70. The number of benzene rings is 3. The van der Waals surface area contributed by atoms with E-state index in [1.165, 1.54) is 6.21 Å². The number of carbonyl (C=O) groups is 2. The Morgan fingerprint density at radius 1 is 0.893 bits per heavy atom. The fourth-order valence-corrected chi connectivity index (χ4v) is 2.43. The first kappa shape index (κ1) is 19.3. The molecule has 0 saturated carbocycles. The van der Waals surface area contributed by atoms with Gasteiger partial charge in [-0.3, -0.25) is 4.79 Å². The van der Waals surface area contributed by atoms with Gasteiger partial charge in [0.2, 0.25) is 0 Å². The van der Waals surface area contributed by atoms with Crippen LogP contribution in [-0.4, -0.2) is 18.1 Å². The minimum Gasteiger partial charge on any atom is -0.423 e. The molecule has 3 aromatic rings. The summed E-state index contributed by atoms with van der Waals surface area (Å²) in [6.07, 6.45) is 1.50. The van der Waals surface area contributed by atoms with E-state index in [2.05, 4.69) is 10.5 Å². The molecule has 3 rings (SSSR count). The predicted octanol–water partition coefficient (Wildman–Crippen LogP) is 4.63. The van der Waals surface area contributed by atoms with Gasteiger partial charge in [0.15, 0.2) is 0 Å². The topological polar surface area (TPSA) is 67.8 Å². The van der Waals surface area contributed by atoms with Crippen molar-refractivity contribution in [2.24, 2.45) is 5.10 Å². The normalized spacial score (nSPS) is 10.6. The van der Waals surface area contributed by atoms with E-state index < -0.39 is 5.97 Å². The van der Waals surface area contributed by atoms with Gasteiger partial charge in [-0.25, -0.2) is 10.2 Å². The number of hydrazone groups is 1. The van der Waals surface area contributed by atoms with E-state index in [4.69, 9.17) is 16.3 Å². The van der Waals surface area contributed by atoms with Gasteiger partial charge in [0, 0.05) is 10.6 Å². The van der Waals surface area contributed by atoms with Crippen molar-refractivity contribution in [1.82, 2.24) is 5.43 Å². The lowest BCUT2D eigenvalue weighted by Gasteiger charge is -2.05. The Morgan fingerprint density at radius 2 is 1.50 bits per heavy atom. The van der Waals surface area contributed by atoms with Crippen LogP contribution in [-0.2, 0) is 0 Å². The smallest absolute Gasteiger partial charge is 0.343 e. The number of hydrogen-bond acceptors (Lipinski definition) is 4. The van der Waals surface area contributed by atoms with Crippen LogP contribution in [0, 0.1) is 6.92 Å². The molecule has 0 unspecified atom stereocenters. The van der Waals surface area contributed by atoms with Crippen LogP contribution < -0.4 is 10.2 Å². The molecule has 140 valence electrons. The van der Waals surface area contributed by atoms with Crippen molar-refractivity contribution < 1.29 is 14.3 Å². The zero-order valence-electron chi connectivity index (χ0n) is 15.1. The number of carbonyl (C=O) groups excluding carboxylic acids is 2. The van der Waals surface area contributed by atoms with Crippen molar-refractivity contribution in [1.29, 1.82) is 0 Å². The number of hydrogen-bond donors (Lipinski definition) is 1. The molecule has 0 radical (unpaired) electrons. The SMILES string of the molecule is Cc1ccc(C(=O)Oc2ccc(/C=N/NC(=O)c3ccc(Cl)cc3)cc2)cc1. The Morgan fingerprint density at radius 3 is 2.14 bits per heavy atom. The van der Waals surface area contributed by atoms with Crippen LogP contribution in [0.2, 0.25) is 5.02 Å². The first-order valence-electron chi connectivity index (χ1n) is 8.49. The van der Waals surface area contributed by atoms with Crippen LogP contribution in [0.15, 0.2) is 77.9 Å². The quantitative estimate of drug-likeness (QED) is 0.298. The lowest BCUT2D eigenvalue weighted by atomic mass is 10.1. The molecule has 0 spiro atoms. The third kappa shape index (κ3) is 5.28. The maximum Gasteiger partial charge on any atom is 0.343 e. The Balaban J connectivity index is 1.55. The molecule has 0 atom stereocenters. The number of esters is 1. The molecule has 6 heteroatoms. The monoisotopic (exact) mass is 392 g/mol. The van der Waals surface area contributed by atoms with E-state index in [0.717, 1.165) is 11.1 Å². The lowest BCUT2D eigenvalue weighted by Crippen LogP contribution is -2.17. The number of ether oxygens (including phenoxy) is 1. The molecule has 0 heterocycles. The maximum absolute atomic E-state index is 12.1. The molecule has 3 aromatic carbocycles. The van der Waals surface area contributed by atoms with Crippen LogP contribution in [0.1, 0.15) is 31.8 Å². The highest BCUT2D eigenvalue weighted by molar-refractivity contribution is 6.30. The summed E-state index contributed by atoms with van der Waals surface area (Å²) in [6.45, 7) is 1.95. The molecule has 28 heavy (non-hydrogen) atoms. The zero-order chi connectivity index (χ0) is 19.9. The lowest BCUT2D eigenvalue weighted by molar-refractivity contribution is 0.0734. The van der Waals surface area contributed by atoms with E-state index in [0.29, 0.717) is 21.9 Å². The fraction of sp³-hybridized carbons (Fsp3) is 0.0455. The molecule has 5 nitrogen and oxygen atoms in total. The second kappa shape index (κ2) is 8.97. The molecule has 1 amide bonds. The minimum absolute atomic E-state index is 0.337. The van der Waals surface area contributed by atoms with Gasteiger partial charge in [-0.15, -0.1) is 0 Å². The van der Waals surface area contributed by atoms with Gasteiger partial charge in [0.05, 0.1) is 11.8 Å². The van der Waals surface area contributed by atoms with Crippen molar-refractivity contribution in [3.05, 3.63) is 100 Å². The number of halogens is 1. The summed E-state index contributed by atoms with van der Waals surface area (Å²) in [6, 6.07) is 20.4. The van der Waals surface area contributed by atoms with Crippen LogP contribution in [0.5, 0.6) is 5.75 Å². The second-order valence-corrected chi connectivity index (χ2v) is 6.47. The standard InChI is InChI=1S/C22H17ClN2O3/c1-15-2-6-18(7-3-15)22(27)28-20-12-4-16(5-13-20)14-24-25-21(26)17-8-10-19(23)11-9-17/h2-14H,1H3,(H,25,26)/b24-14+. The summed E-state index contributed by atoms with van der Waals surface area (Å²) in [4.78, 5) is 24.1. The first-order chi connectivity index (χ1) is 13.5. The number of nitrogens with zero attached hydrogens (tertiary/aromatic N) is 1. The fourth-order valence-electron chi connectivity index (χ4n) is 2.31. The maximum atomic E-state index is 12.1. The second-order valence-electron chi connectivity index (χ2n) is 6.03. The van der Waals surface area contributed by atoms with Crippen molar-refractivity contribution in [3.8, 4) is 5.75 Å². The van der Waals surface area contributed by atoms with Crippen molar-refractivity contribution in [2.75, 3.05) is 0 Å². The van der Waals surface area contributed by atoms with E-state index in [1.54, 1.807) is 60.7 Å². The summed E-state index contributed by atoms with van der Waals surface area (Å²) >= 11 is 5.79. The summed E-state index contributed by atoms with van der Waals surface area (Å²) in [5.74, 6) is -0.332. The van der Waals surface area contributed by atoms with E-state index in [1.807, 2.05) is 19.1 Å². The molecule has 0 aliphatic carbocycles. The third-order valence-electron chi connectivity index (χ3n) is 3.86. The van der Waals surface area contributed by atoms with Gasteiger partial charge in [0.1, 0.15) is 5.75 Å². The molecule has 0 bridgehead atoms. The summed E-state index contributed by atoms with van der Waals surface area (Å²) in [5, 5.41) is 4.48. The van der Waals surface area contributed by atoms with Crippen LogP contribution in [0.4, 0.5) is 0 Å². The average molecular weight is 393 g/mol.